The van der Waals surface area contributed by atoms with Crippen LogP contribution in [-0.2, 0) is 19.1 Å². The minimum Gasteiger partial charge on any atom is -0.481 e. The van der Waals surface area contributed by atoms with Crippen LogP contribution in [0.4, 0.5) is 4.79 Å². The van der Waals surface area contributed by atoms with Crippen molar-refractivity contribution in [2.24, 2.45) is 5.41 Å². The van der Waals surface area contributed by atoms with Gasteiger partial charge in [0.25, 0.3) is 0 Å². The normalized spacial score (nSPS) is 13.0. The molecule has 0 unspecified atom stereocenters. The van der Waals surface area contributed by atoms with Crippen molar-refractivity contribution in [1.29, 1.82) is 0 Å². The van der Waals surface area contributed by atoms with Crippen LogP contribution in [0, 0.1) is 5.41 Å². The highest BCUT2D eigenvalue weighted by Crippen LogP contribution is 2.44. The summed E-state index contributed by atoms with van der Waals surface area (Å²) in [7, 11) is 0. The lowest BCUT2D eigenvalue weighted by Gasteiger charge is -2.38. The van der Waals surface area contributed by atoms with E-state index in [-0.39, 0.29) is 44.6 Å². The smallest absolute Gasteiger partial charge is 0.407 e. The molecule has 1 aliphatic carbocycles. The predicted molar refractivity (Wildman–Crippen MR) is 132 cm³/mol. The van der Waals surface area contributed by atoms with Crippen LogP contribution in [0.5, 0.6) is 0 Å². The molecule has 0 spiro atoms. The lowest BCUT2D eigenvalue weighted by Crippen LogP contribution is -2.57. The Bertz CT molecular complexity index is 1030. The fraction of sp³-hybridized carbons (Fsp3) is 0.444. The van der Waals surface area contributed by atoms with Crippen LogP contribution < -0.4 is 10.6 Å². The number of rotatable bonds is 11. The van der Waals surface area contributed by atoms with Gasteiger partial charge in [-0.3, -0.25) is 9.59 Å². The zero-order valence-electron chi connectivity index (χ0n) is 20.7. The van der Waals surface area contributed by atoms with Gasteiger partial charge < -0.3 is 25.2 Å². The SMILES string of the molecule is CC(C)(NC(=O)CCOCCNC(=O)OCC1c2ccccc2-c2ccccc21)C(C)(C)C(=O)O. The van der Waals surface area contributed by atoms with Gasteiger partial charge in [0.05, 0.1) is 18.6 Å². The fourth-order valence-electron chi connectivity index (χ4n) is 3.98. The summed E-state index contributed by atoms with van der Waals surface area (Å²) in [6.07, 6.45) is -0.435. The molecule has 35 heavy (non-hydrogen) atoms. The molecule has 0 atom stereocenters. The Hall–Kier alpha value is -3.39. The van der Waals surface area contributed by atoms with Crippen molar-refractivity contribution in [3.63, 3.8) is 0 Å². The maximum absolute atomic E-state index is 12.2. The van der Waals surface area contributed by atoms with E-state index in [1.807, 2.05) is 24.3 Å². The Kier molecular flexibility index (Phi) is 8.17. The van der Waals surface area contributed by atoms with Crippen molar-refractivity contribution in [2.45, 2.75) is 45.6 Å². The topological polar surface area (TPSA) is 114 Å². The van der Waals surface area contributed by atoms with Gasteiger partial charge >= 0.3 is 12.1 Å². The minimum atomic E-state index is -1.13. The zero-order valence-corrected chi connectivity index (χ0v) is 20.7. The molecule has 188 valence electrons. The summed E-state index contributed by atoms with van der Waals surface area (Å²) in [6, 6.07) is 16.3. The number of hydrogen-bond acceptors (Lipinski definition) is 5. The van der Waals surface area contributed by atoms with Crippen molar-refractivity contribution in [3.05, 3.63) is 59.7 Å². The third-order valence-corrected chi connectivity index (χ3v) is 6.88. The number of benzene rings is 2. The molecular weight excluding hydrogens is 448 g/mol. The third-order valence-electron chi connectivity index (χ3n) is 6.88. The first-order valence-corrected chi connectivity index (χ1v) is 11.8. The maximum atomic E-state index is 12.2. The van der Waals surface area contributed by atoms with Crippen LogP contribution in [-0.4, -0.2) is 55.0 Å². The second-order valence-electron chi connectivity index (χ2n) is 9.72. The summed E-state index contributed by atoms with van der Waals surface area (Å²) >= 11 is 0. The highest BCUT2D eigenvalue weighted by atomic mass is 16.5. The van der Waals surface area contributed by atoms with E-state index in [0.29, 0.717) is 0 Å². The van der Waals surface area contributed by atoms with Crippen LogP contribution in [0.1, 0.15) is 51.2 Å². The van der Waals surface area contributed by atoms with E-state index in [0.717, 1.165) is 11.1 Å². The predicted octanol–water partition coefficient (Wildman–Crippen LogP) is 3.94. The molecule has 3 rings (SSSR count). The van der Waals surface area contributed by atoms with Crippen LogP contribution in [0.25, 0.3) is 11.1 Å². The molecule has 0 bridgehead atoms. The number of fused-ring (bicyclic) bond motifs is 3. The van der Waals surface area contributed by atoms with E-state index >= 15 is 0 Å². The first-order valence-electron chi connectivity index (χ1n) is 11.8. The summed E-state index contributed by atoms with van der Waals surface area (Å²) in [5.41, 5.74) is 2.59. The fourth-order valence-corrected chi connectivity index (χ4v) is 3.98. The van der Waals surface area contributed by atoms with Crippen LogP contribution in [0.2, 0.25) is 0 Å². The molecule has 0 heterocycles. The summed E-state index contributed by atoms with van der Waals surface area (Å²) in [6.45, 7) is 7.36. The first kappa shape index (κ1) is 26.2. The van der Waals surface area contributed by atoms with Crippen molar-refractivity contribution in [3.8, 4) is 11.1 Å². The van der Waals surface area contributed by atoms with Crippen molar-refractivity contribution < 1.29 is 29.0 Å². The Morgan fingerprint density at radius 2 is 1.49 bits per heavy atom. The number of amides is 2. The highest BCUT2D eigenvalue weighted by molar-refractivity contribution is 5.81. The summed E-state index contributed by atoms with van der Waals surface area (Å²) in [5, 5.41) is 14.8. The van der Waals surface area contributed by atoms with E-state index in [9.17, 15) is 19.5 Å². The van der Waals surface area contributed by atoms with Gasteiger partial charge in [-0.1, -0.05) is 48.5 Å². The van der Waals surface area contributed by atoms with E-state index in [1.165, 1.54) is 11.1 Å². The Labute approximate surface area is 206 Å². The molecule has 2 aromatic rings. The number of carboxylic acids is 1. The lowest BCUT2D eigenvalue weighted by molar-refractivity contribution is -0.151. The molecule has 8 nitrogen and oxygen atoms in total. The number of carbonyl (C=O) groups is 3. The van der Waals surface area contributed by atoms with E-state index in [2.05, 4.69) is 34.9 Å². The molecule has 1 aliphatic rings. The van der Waals surface area contributed by atoms with Gasteiger partial charge in [-0.15, -0.1) is 0 Å². The Morgan fingerprint density at radius 3 is 2.06 bits per heavy atom. The monoisotopic (exact) mass is 482 g/mol. The minimum absolute atomic E-state index is 0.00160. The number of carbonyl (C=O) groups excluding carboxylic acids is 2. The van der Waals surface area contributed by atoms with Crippen LogP contribution in [0.3, 0.4) is 0 Å². The molecule has 0 aliphatic heterocycles. The largest absolute Gasteiger partial charge is 0.481 e. The Morgan fingerprint density at radius 1 is 0.914 bits per heavy atom. The molecule has 2 aromatic carbocycles. The van der Waals surface area contributed by atoms with E-state index in [4.69, 9.17) is 9.47 Å². The number of nitrogens with one attached hydrogen (secondary N) is 2. The number of hydrogen-bond donors (Lipinski definition) is 3. The number of ether oxygens (including phenoxy) is 2. The lowest BCUT2D eigenvalue weighted by atomic mass is 9.74. The first-order chi connectivity index (χ1) is 16.5. The average molecular weight is 483 g/mol. The zero-order chi connectivity index (χ0) is 25.6. The second kappa shape index (κ2) is 10.9. The molecule has 8 heteroatoms. The molecule has 0 fully saturated rings. The Balaban J connectivity index is 1.35. The van der Waals surface area contributed by atoms with Gasteiger partial charge in [-0.2, -0.15) is 0 Å². The van der Waals surface area contributed by atoms with Gasteiger partial charge in [0.15, 0.2) is 0 Å². The van der Waals surface area contributed by atoms with Crippen molar-refractivity contribution in [1.82, 2.24) is 10.6 Å². The third kappa shape index (κ3) is 6.00. The number of alkyl carbamates (subject to hydrolysis) is 1. The highest BCUT2D eigenvalue weighted by Gasteiger charge is 2.44. The molecule has 2 amide bonds. The van der Waals surface area contributed by atoms with Gasteiger partial charge in [0.1, 0.15) is 6.61 Å². The molecular formula is C27H34N2O6. The molecule has 0 aromatic heterocycles. The second-order valence-corrected chi connectivity index (χ2v) is 9.72. The summed E-state index contributed by atoms with van der Waals surface area (Å²) < 4.78 is 10.9. The number of aliphatic carboxylic acids is 1. The molecule has 0 saturated carbocycles. The van der Waals surface area contributed by atoms with Gasteiger partial charge in [-0.05, 0) is 49.9 Å². The van der Waals surface area contributed by atoms with Gasteiger partial charge in [0, 0.05) is 24.4 Å². The molecule has 0 saturated heterocycles. The van der Waals surface area contributed by atoms with E-state index in [1.54, 1.807) is 27.7 Å². The van der Waals surface area contributed by atoms with Crippen LogP contribution >= 0.6 is 0 Å². The standard InChI is InChI=1S/C27H34N2O6/c1-26(2,24(31)32)27(3,4)29-23(30)13-15-34-16-14-28-25(33)35-17-22-20-11-7-5-9-18(20)19-10-6-8-12-21(19)22/h5-12,22H,13-17H2,1-4H3,(H,28,33)(H,29,30)(H,31,32). The maximum Gasteiger partial charge on any atom is 0.407 e. The van der Waals surface area contributed by atoms with Gasteiger partial charge in [0.2, 0.25) is 5.91 Å². The van der Waals surface area contributed by atoms with Crippen molar-refractivity contribution >= 4 is 18.0 Å². The van der Waals surface area contributed by atoms with Gasteiger partial charge in [-0.25, -0.2) is 4.79 Å². The van der Waals surface area contributed by atoms with Crippen molar-refractivity contribution in [2.75, 3.05) is 26.4 Å². The molecule has 0 radical (unpaired) electrons. The molecule has 3 N–H and O–H groups in total. The quantitative estimate of drug-likeness (QED) is 0.418. The van der Waals surface area contributed by atoms with Crippen LogP contribution in [0.15, 0.2) is 48.5 Å². The summed E-state index contributed by atoms with van der Waals surface area (Å²) in [4.78, 5) is 35.8. The summed E-state index contributed by atoms with van der Waals surface area (Å²) in [5.74, 6) is -1.29. The van der Waals surface area contributed by atoms with E-state index < -0.39 is 23.0 Å². The average Bonchev–Trinajstić information content (AvgIpc) is 3.13. The number of carboxylic acid groups (broad SMARTS) is 1.